The van der Waals surface area contributed by atoms with Crippen molar-refractivity contribution in [2.75, 3.05) is 19.2 Å². The van der Waals surface area contributed by atoms with Crippen molar-refractivity contribution in [1.29, 1.82) is 5.26 Å². The SMILES string of the molecule is COc1cc(C2C(C#N)=C(N)Oc3cc(Nc4ccccc4)ccc32)cc2c1OCO2. The topological polar surface area (TPSA) is 98.8 Å². The van der Waals surface area contributed by atoms with Crippen molar-refractivity contribution in [2.24, 2.45) is 5.73 Å². The molecule has 0 radical (unpaired) electrons. The first-order valence-electron chi connectivity index (χ1n) is 9.69. The zero-order valence-electron chi connectivity index (χ0n) is 16.7. The van der Waals surface area contributed by atoms with E-state index in [0.29, 0.717) is 28.6 Å². The van der Waals surface area contributed by atoms with Crippen molar-refractivity contribution in [3.63, 3.8) is 0 Å². The summed E-state index contributed by atoms with van der Waals surface area (Å²) in [7, 11) is 1.57. The van der Waals surface area contributed by atoms with E-state index in [1.165, 1.54) is 0 Å². The highest BCUT2D eigenvalue weighted by molar-refractivity contribution is 5.67. The zero-order chi connectivity index (χ0) is 21.4. The molecule has 0 amide bonds. The largest absolute Gasteiger partial charge is 0.493 e. The molecule has 1 unspecified atom stereocenters. The Morgan fingerprint density at radius 3 is 2.65 bits per heavy atom. The molecule has 2 heterocycles. The standard InChI is InChI=1S/C24H19N3O4/c1-28-20-9-14(10-21-23(20)30-13-29-21)22-17-8-7-16(27-15-5-3-2-4-6-15)11-19(17)31-24(26)18(22)12-25/h2-11,22,27H,13,26H2,1H3. The highest BCUT2D eigenvalue weighted by Crippen LogP contribution is 2.48. The van der Waals surface area contributed by atoms with Crippen LogP contribution in [0.15, 0.2) is 72.1 Å². The highest BCUT2D eigenvalue weighted by Gasteiger charge is 2.33. The van der Waals surface area contributed by atoms with Crippen LogP contribution in [0, 0.1) is 11.3 Å². The van der Waals surface area contributed by atoms with Gasteiger partial charge < -0.3 is 30.0 Å². The van der Waals surface area contributed by atoms with E-state index in [2.05, 4.69) is 11.4 Å². The molecule has 0 saturated heterocycles. The predicted molar refractivity (Wildman–Crippen MR) is 115 cm³/mol. The summed E-state index contributed by atoms with van der Waals surface area (Å²) in [5.41, 5.74) is 9.90. The number of methoxy groups -OCH3 is 1. The molecular formula is C24H19N3O4. The summed E-state index contributed by atoms with van der Waals surface area (Å²) < 4.78 is 22.4. The number of rotatable bonds is 4. The second-order valence-corrected chi connectivity index (χ2v) is 7.13. The smallest absolute Gasteiger partial charge is 0.231 e. The monoisotopic (exact) mass is 413 g/mol. The predicted octanol–water partition coefficient (Wildman–Crippen LogP) is 4.39. The first-order valence-corrected chi connectivity index (χ1v) is 9.69. The number of hydrogen-bond donors (Lipinski definition) is 2. The van der Waals surface area contributed by atoms with Gasteiger partial charge >= 0.3 is 0 Å². The van der Waals surface area contributed by atoms with E-state index in [-0.39, 0.29) is 12.7 Å². The van der Waals surface area contributed by atoms with E-state index in [1.54, 1.807) is 7.11 Å². The van der Waals surface area contributed by atoms with Gasteiger partial charge in [0.2, 0.25) is 18.4 Å². The molecule has 2 aliphatic rings. The third-order valence-electron chi connectivity index (χ3n) is 5.30. The van der Waals surface area contributed by atoms with E-state index in [4.69, 9.17) is 24.7 Å². The summed E-state index contributed by atoms with van der Waals surface area (Å²) in [6.45, 7) is 0.122. The van der Waals surface area contributed by atoms with Crippen molar-refractivity contribution < 1.29 is 18.9 Å². The molecule has 5 rings (SSSR count). The Balaban J connectivity index is 1.59. The molecule has 0 fully saturated rings. The average molecular weight is 413 g/mol. The van der Waals surface area contributed by atoms with Crippen LogP contribution in [0.2, 0.25) is 0 Å². The molecule has 31 heavy (non-hydrogen) atoms. The molecule has 0 saturated carbocycles. The zero-order valence-corrected chi connectivity index (χ0v) is 16.7. The number of fused-ring (bicyclic) bond motifs is 2. The highest BCUT2D eigenvalue weighted by atomic mass is 16.7. The normalized spacial score (nSPS) is 16.2. The van der Waals surface area contributed by atoms with E-state index >= 15 is 0 Å². The lowest BCUT2D eigenvalue weighted by Crippen LogP contribution is -2.21. The second kappa shape index (κ2) is 7.50. The number of allylic oxidation sites excluding steroid dienone is 1. The lowest BCUT2D eigenvalue weighted by molar-refractivity contribution is 0.171. The number of nitrogens with two attached hydrogens (primary N) is 1. The number of hydrogen-bond acceptors (Lipinski definition) is 7. The van der Waals surface area contributed by atoms with Crippen LogP contribution in [0.4, 0.5) is 11.4 Å². The van der Waals surface area contributed by atoms with Crippen LogP contribution >= 0.6 is 0 Å². The van der Waals surface area contributed by atoms with E-state index in [9.17, 15) is 5.26 Å². The molecule has 7 heteroatoms. The van der Waals surface area contributed by atoms with Crippen LogP contribution in [0.1, 0.15) is 17.0 Å². The van der Waals surface area contributed by atoms with Gasteiger partial charge in [0.1, 0.15) is 17.4 Å². The third kappa shape index (κ3) is 3.24. The Morgan fingerprint density at radius 1 is 1.03 bits per heavy atom. The van der Waals surface area contributed by atoms with Gasteiger partial charge in [0.05, 0.1) is 13.0 Å². The van der Waals surface area contributed by atoms with Gasteiger partial charge in [-0.1, -0.05) is 24.3 Å². The van der Waals surface area contributed by atoms with Crippen LogP contribution in [-0.2, 0) is 0 Å². The lowest BCUT2D eigenvalue weighted by Gasteiger charge is -2.27. The Labute approximate surface area is 179 Å². The summed E-state index contributed by atoms with van der Waals surface area (Å²) in [5, 5.41) is 13.2. The number of anilines is 2. The van der Waals surface area contributed by atoms with Crippen molar-refractivity contribution >= 4 is 11.4 Å². The second-order valence-electron chi connectivity index (χ2n) is 7.13. The van der Waals surface area contributed by atoms with Gasteiger partial charge in [0.15, 0.2) is 11.5 Å². The minimum absolute atomic E-state index is 0.0773. The minimum Gasteiger partial charge on any atom is -0.493 e. The molecule has 1 atom stereocenters. The maximum Gasteiger partial charge on any atom is 0.231 e. The van der Waals surface area contributed by atoms with Gasteiger partial charge in [0.25, 0.3) is 0 Å². The molecule has 3 aromatic rings. The van der Waals surface area contributed by atoms with Gasteiger partial charge in [0, 0.05) is 23.0 Å². The number of benzene rings is 3. The van der Waals surface area contributed by atoms with E-state index < -0.39 is 5.92 Å². The number of para-hydroxylation sites is 1. The van der Waals surface area contributed by atoms with Gasteiger partial charge in [-0.2, -0.15) is 5.26 Å². The molecule has 3 N–H and O–H groups in total. The molecule has 0 bridgehead atoms. The van der Waals surface area contributed by atoms with Crippen LogP contribution < -0.4 is 30.0 Å². The van der Waals surface area contributed by atoms with Crippen LogP contribution in [-0.4, -0.2) is 13.9 Å². The minimum atomic E-state index is -0.428. The van der Waals surface area contributed by atoms with E-state index in [1.807, 2.05) is 60.7 Å². The fraction of sp³-hybridized carbons (Fsp3) is 0.125. The van der Waals surface area contributed by atoms with E-state index in [0.717, 1.165) is 22.5 Å². The van der Waals surface area contributed by atoms with Crippen LogP contribution in [0.25, 0.3) is 0 Å². The van der Waals surface area contributed by atoms with Crippen molar-refractivity contribution in [1.82, 2.24) is 0 Å². The maximum atomic E-state index is 9.82. The maximum absolute atomic E-state index is 9.82. The number of ether oxygens (including phenoxy) is 4. The first kappa shape index (κ1) is 18.7. The van der Waals surface area contributed by atoms with Gasteiger partial charge in [-0.05, 0) is 35.9 Å². The van der Waals surface area contributed by atoms with Gasteiger partial charge in [-0.25, -0.2) is 0 Å². The molecule has 0 spiro atoms. The van der Waals surface area contributed by atoms with Crippen LogP contribution in [0.5, 0.6) is 23.0 Å². The number of nitriles is 1. The third-order valence-corrected chi connectivity index (χ3v) is 5.30. The van der Waals surface area contributed by atoms with Crippen molar-refractivity contribution in [3.8, 4) is 29.1 Å². The fourth-order valence-corrected chi connectivity index (χ4v) is 3.88. The molecule has 7 nitrogen and oxygen atoms in total. The number of nitrogens with zero attached hydrogens (tertiary/aromatic N) is 1. The van der Waals surface area contributed by atoms with Gasteiger partial charge in [-0.3, -0.25) is 0 Å². The fourth-order valence-electron chi connectivity index (χ4n) is 3.88. The molecule has 0 aromatic heterocycles. The Morgan fingerprint density at radius 2 is 1.87 bits per heavy atom. The molecule has 2 aliphatic heterocycles. The molecule has 154 valence electrons. The Hall–Kier alpha value is -4.31. The average Bonchev–Trinajstić information content (AvgIpc) is 3.27. The molecular weight excluding hydrogens is 394 g/mol. The van der Waals surface area contributed by atoms with Crippen LogP contribution in [0.3, 0.4) is 0 Å². The Bertz CT molecular complexity index is 1230. The summed E-state index contributed by atoms with van der Waals surface area (Å²) in [6, 6.07) is 21.5. The van der Waals surface area contributed by atoms with Gasteiger partial charge in [-0.15, -0.1) is 0 Å². The quantitative estimate of drug-likeness (QED) is 0.655. The first-order chi connectivity index (χ1) is 15.2. The summed E-state index contributed by atoms with van der Waals surface area (Å²) in [6.07, 6.45) is 0. The number of nitrogens with one attached hydrogen (secondary N) is 1. The van der Waals surface area contributed by atoms with Crippen molar-refractivity contribution in [2.45, 2.75) is 5.92 Å². The summed E-state index contributed by atoms with van der Waals surface area (Å²) in [4.78, 5) is 0. The molecule has 0 aliphatic carbocycles. The van der Waals surface area contributed by atoms with Crippen molar-refractivity contribution in [3.05, 3.63) is 83.2 Å². The summed E-state index contributed by atoms with van der Waals surface area (Å²) >= 11 is 0. The Kier molecular flexibility index (Phi) is 4.53. The summed E-state index contributed by atoms with van der Waals surface area (Å²) in [5.74, 6) is 1.89. The molecule has 3 aromatic carbocycles. The lowest BCUT2D eigenvalue weighted by atomic mass is 9.83.